The van der Waals surface area contributed by atoms with Crippen LogP contribution in [0.15, 0.2) is 16.9 Å². The van der Waals surface area contributed by atoms with E-state index in [1.54, 1.807) is 0 Å². The molecule has 228 valence electrons. The molecule has 4 aliphatic heterocycles. The molecule has 3 fully saturated rings. The summed E-state index contributed by atoms with van der Waals surface area (Å²) in [5.74, 6) is -1.12. The highest BCUT2D eigenvalue weighted by Gasteiger charge is 2.49. The number of nitrogens with zero attached hydrogens (tertiary/aromatic N) is 6. The van der Waals surface area contributed by atoms with Crippen LogP contribution in [-0.2, 0) is 6.54 Å². The van der Waals surface area contributed by atoms with Crippen molar-refractivity contribution in [1.29, 1.82) is 5.26 Å². The van der Waals surface area contributed by atoms with Gasteiger partial charge in [0.15, 0.2) is 11.6 Å². The van der Waals surface area contributed by atoms with E-state index in [0.29, 0.717) is 31.9 Å². The van der Waals surface area contributed by atoms with Gasteiger partial charge in [-0.1, -0.05) is 6.07 Å². The standard InChI is InChI=1S/C30H29F3N8O2S/c31-15-10-30(5-1-7-39(30)13-15)14-43-29-37-23-22(33)21(17-2-3-19(32)25-20(17)18(11-34)26(35)44-25)28(42)41-9-8-40(16-4-6-36-12-16)27(38-29)24(23)41/h2-3,15-16,36H,1,4-10,12-14,35H2/t15-,16?,30+/m1/s1. The van der Waals surface area contributed by atoms with Crippen LogP contribution in [0.3, 0.4) is 0 Å². The van der Waals surface area contributed by atoms with Crippen molar-refractivity contribution in [3.63, 3.8) is 0 Å². The van der Waals surface area contributed by atoms with E-state index in [-0.39, 0.29) is 68.0 Å². The summed E-state index contributed by atoms with van der Waals surface area (Å²) >= 11 is 0.880. The first-order valence-corrected chi connectivity index (χ1v) is 15.7. The Hall–Kier alpha value is -3.93. The Balaban J connectivity index is 1.33. The molecule has 4 aromatic rings. The maximum Gasteiger partial charge on any atom is 0.319 e. The summed E-state index contributed by atoms with van der Waals surface area (Å²) in [4.78, 5) is 27.5. The van der Waals surface area contributed by atoms with Crippen LogP contribution in [0.5, 0.6) is 6.01 Å². The molecule has 0 spiro atoms. The molecular weight excluding hydrogens is 593 g/mol. The number of nitrogens with two attached hydrogens (primary N) is 1. The van der Waals surface area contributed by atoms with Crippen molar-refractivity contribution < 1.29 is 17.9 Å². The highest BCUT2D eigenvalue weighted by Crippen LogP contribution is 2.43. The number of thiophene rings is 1. The first kappa shape index (κ1) is 27.6. The molecule has 14 heteroatoms. The smallest absolute Gasteiger partial charge is 0.319 e. The summed E-state index contributed by atoms with van der Waals surface area (Å²) in [5, 5.41) is 13.4. The predicted octanol–water partition coefficient (Wildman–Crippen LogP) is 3.54. The zero-order valence-electron chi connectivity index (χ0n) is 23.7. The van der Waals surface area contributed by atoms with Gasteiger partial charge < -0.3 is 25.3 Å². The highest BCUT2D eigenvalue weighted by molar-refractivity contribution is 7.23. The number of nitriles is 1. The molecule has 0 radical (unpaired) electrons. The first-order valence-electron chi connectivity index (χ1n) is 14.8. The Morgan fingerprint density at radius 2 is 2.11 bits per heavy atom. The third-order valence-electron chi connectivity index (χ3n) is 9.74. The second kappa shape index (κ2) is 10.0. The van der Waals surface area contributed by atoms with E-state index in [1.165, 1.54) is 10.6 Å². The van der Waals surface area contributed by atoms with E-state index in [0.717, 1.165) is 49.8 Å². The van der Waals surface area contributed by atoms with Crippen LogP contribution < -0.4 is 26.2 Å². The molecule has 1 unspecified atom stereocenters. The normalized spacial score (nSPS) is 24.8. The van der Waals surface area contributed by atoms with Crippen molar-refractivity contribution >= 4 is 43.3 Å². The lowest BCUT2D eigenvalue weighted by Crippen LogP contribution is -2.45. The van der Waals surface area contributed by atoms with Crippen LogP contribution in [0.2, 0.25) is 0 Å². The summed E-state index contributed by atoms with van der Waals surface area (Å²) in [7, 11) is 0. The van der Waals surface area contributed by atoms with Gasteiger partial charge in [-0.2, -0.15) is 15.2 Å². The van der Waals surface area contributed by atoms with Gasteiger partial charge in [0.25, 0.3) is 5.56 Å². The van der Waals surface area contributed by atoms with E-state index in [2.05, 4.69) is 20.1 Å². The number of hydrogen-bond acceptors (Lipinski definition) is 10. The Morgan fingerprint density at radius 1 is 1.25 bits per heavy atom. The second-order valence-electron chi connectivity index (χ2n) is 12.1. The molecule has 0 saturated carbocycles. The van der Waals surface area contributed by atoms with Gasteiger partial charge in [-0.05, 0) is 38.4 Å². The molecule has 4 aliphatic rings. The number of anilines is 2. The van der Waals surface area contributed by atoms with Gasteiger partial charge in [-0.25, -0.2) is 13.2 Å². The van der Waals surface area contributed by atoms with Crippen LogP contribution in [0.4, 0.5) is 24.0 Å². The van der Waals surface area contributed by atoms with Crippen molar-refractivity contribution in [1.82, 2.24) is 24.8 Å². The van der Waals surface area contributed by atoms with Crippen molar-refractivity contribution in [2.75, 3.05) is 50.0 Å². The molecule has 1 aromatic carbocycles. The molecule has 8 rings (SSSR count). The largest absolute Gasteiger partial charge is 0.461 e. The van der Waals surface area contributed by atoms with Gasteiger partial charge in [0.2, 0.25) is 0 Å². The summed E-state index contributed by atoms with van der Waals surface area (Å²) in [6.45, 7) is 3.57. The van der Waals surface area contributed by atoms with E-state index < -0.39 is 28.9 Å². The van der Waals surface area contributed by atoms with Crippen molar-refractivity contribution in [2.45, 2.75) is 50.0 Å². The fraction of sp³-hybridized carbons (Fsp3) is 0.467. The molecule has 3 atom stereocenters. The number of fused-ring (bicyclic) bond motifs is 2. The second-order valence-corrected chi connectivity index (χ2v) is 13.2. The van der Waals surface area contributed by atoms with Gasteiger partial charge in [-0.15, -0.1) is 11.3 Å². The van der Waals surface area contributed by atoms with E-state index in [1.807, 2.05) is 6.07 Å². The Labute approximate surface area is 253 Å². The molecule has 3 saturated heterocycles. The number of aromatic nitrogens is 3. The summed E-state index contributed by atoms with van der Waals surface area (Å²) in [6.07, 6.45) is 2.01. The number of ether oxygens (including phenoxy) is 1. The third-order valence-corrected chi connectivity index (χ3v) is 10.8. The number of halogens is 3. The number of pyridine rings is 1. The highest BCUT2D eigenvalue weighted by atomic mass is 32.1. The van der Waals surface area contributed by atoms with Crippen molar-refractivity contribution in [2.24, 2.45) is 0 Å². The van der Waals surface area contributed by atoms with Crippen LogP contribution in [-0.4, -0.2) is 76.5 Å². The molecule has 0 bridgehead atoms. The summed E-state index contributed by atoms with van der Waals surface area (Å²) < 4.78 is 53.8. The van der Waals surface area contributed by atoms with Gasteiger partial charge in [0, 0.05) is 49.6 Å². The van der Waals surface area contributed by atoms with Crippen molar-refractivity contribution in [3.8, 4) is 23.2 Å². The van der Waals surface area contributed by atoms with Gasteiger partial charge in [0.05, 0.1) is 21.4 Å². The average molecular weight is 623 g/mol. The van der Waals surface area contributed by atoms with Crippen LogP contribution in [0, 0.1) is 23.0 Å². The van der Waals surface area contributed by atoms with Crippen LogP contribution in [0.1, 0.15) is 31.2 Å². The summed E-state index contributed by atoms with van der Waals surface area (Å²) in [6, 6.07) is 4.48. The lowest BCUT2D eigenvalue weighted by molar-refractivity contribution is 0.107. The number of rotatable bonds is 5. The minimum absolute atomic E-state index is 0.00699. The topological polar surface area (TPSA) is 125 Å². The zero-order valence-corrected chi connectivity index (χ0v) is 24.5. The number of hydrogen-bond donors (Lipinski definition) is 2. The third kappa shape index (κ3) is 3.95. The van der Waals surface area contributed by atoms with E-state index in [9.17, 15) is 18.8 Å². The molecule has 3 aromatic heterocycles. The van der Waals surface area contributed by atoms with Crippen LogP contribution >= 0.6 is 11.3 Å². The molecule has 7 heterocycles. The van der Waals surface area contributed by atoms with E-state index >= 15 is 4.39 Å². The fourth-order valence-electron chi connectivity index (χ4n) is 7.72. The molecule has 3 N–H and O–H groups in total. The fourth-order valence-corrected chi connectivity index (χ4v) is 8.67. The van der Waals surface area contributed by atoms with Gasteiger partial charge in [-0.3, -0.25) is 9.69 Å². The Kier molecular flexibility index (Phi) is 6.30. The maximum atomic E-state index is 16.8. The number of alkyl halides is 1. The summed E-state index contributed by atoms with van der Waals surface area (Å²) in [5.41, 5.74) is 4.85. The minimum Gasteiger partial charge on any atom is -0.461 e. The average Bonchev–Trinajstić information content (AvgIpc) is 3.79. The molecule has 0 aliphatic carbocycles. The predicted molar refractivity (Wildman–Crippen MR) is 161 cm³/mol. The van der Waals surface area contributed by atoms with Crippen LogP contribution in [0.25, 0.3) is 32.2 Å². The van der Waals surface area contributed by atoms with Gasteiger partial charge >= 0.3 is 6.01 Å². The monoisotopic (exact) mass is 622 g/mol. The number of nitrogen functional groups attached to an aromatic ring is 1. The number of nitrogens with one attached hydrogen (secondary N) is 1. The minimum atomic E-state index is -0.936. The molecule has 44 heavy (non-hydrogen) atoms. The van der Waals surface area contributed by atoms with Gasteiger partial charge in [0.1, 0.15) is 40.7 Å². The SMILES string of the molecule is N#Cc1c(N)sc2c(F)ccc(-c3c(F)c4nc(OC[C@@]56CCCN5C[C@H](F)C6)nc5c4n(c3=O)CCN5C3CCNC3)c12. The Bertz CT molecular complexity index is 1950. The number of benzene rings is 1. The van der Waals surface area contributed by atoms with Crippen molar-refractivity contribution in [3.05, 3.63) is 39.7 Å². The molecule has 0 amide bonds. The lowest BCUT2D eigenvalue weighted by atomic mass is 9.95. The van der Waals surface area contributed by atoms with E-state index in [4.69, 9.17) is 15.5 Å². The molecular formula is C30H29F3N8O2S. The Morgan fingerprint density at radius 3 is 2.91 bits per heavy atom. The first-order chi connectivity index (χ1) is 21.3. The molecule has 10 nitrogen and oxygen atoms in total. The maximum absolute atomic E-state index is 16.8. The quantitative estimate of drug-likeness (QED) is 0.344. The lowest BCUT2D eigenvalue weighted by Gasteiger charge is -2.35. The zero-order chi connectivity index (χ0) is 30.3.